The summed E-state index contributed by atoms with van der Waals surface area (Å²) in [5.41, 5.74) is 6.85. The number of rotatable bonds is 7. The molecule has 0 aliphatic carbocycles. The number of nitrogens with two attached hydrogens (primary N) is 1. The second-order valence-electron chi connectivity index (χ2n) is 5.47. The van der Waals surface area contributed by atoms with E-state index in [2.05, 4.69) is 35.8 Å². The minimum Gasteiger partial charge on any atom is -0.492 e. The molecule has 0 fully saturated rings. The molecule has 0 bridgehead atoms. The summed E-state index contributed by atoms with van der Waals surface area (Å²) in [4.78, 5) is 0. The van der Waals surface area contributed by atoms with Gasteiger partial charge in [-0.15, -0.1) is 0 Å². The van der Waals surface area contributed by atoms with Crippen molar-refractivity contribution in [3.05, 3.63) is 28.2 Å². The highest BCUT2D eigenvalue weighted by Gasteiger charge is 2.17. The van der Waals surface area contributed by atoms with Gasteiger partial charge in [0.2, 0.25) is 0 Å². The van der Waals surface area contributed by atoms with Gasteiger partial charge >= 0.3 is 0 Å². The van der Waals surface area contributed by atoms with Crippen LogP contribution in [0, 0.1) is 0 Å². The van der Waals surface area contributed by atoms with Crippen LogP contribution in [-0.4, -0.2) is 25.4 Å². The Hall–Kier alpha value is -0.580. The van der Waals surface area contributed by atoms with Crippen LogP contribution in [0.25, 0.3) is 0 Å². The molecule has 0 heterocycles. The van der Waals surface area contributed by atoms with E-state index in [0.717, 1.165) is 28.6 Å². The number of halogens is 1. The molecule has 0 aromatic heterocycles. The zero-order chi connectivity index (χ0) is 14.5. The average Bonchev–Trinajstić information content (AvgIpc) is 2.32. The third-order valence-electron chi connectivity index (χ3n) is 3.09. The number of methoxy groups -OCH3 is 1. The molecule has 0 saturated heterocycles. The Morgan fingerprint density at radius 1 is 1.37 bits per heavy atom. The van der Waals surface area contributed by atoms with Gasteiger partial charge in [0.05, 0.1) is 16.7 Å². The fourth-order valence-corrected chi connectivity index (χ4v) is 2.25. The number of benzene rings is 1. The van der Waals surface area contributed by atoms with Crippen molar-refractivity contribution in [1.29, 1.82) is 0 Å². The average molecular weight is 330 g/mol. The summed E-state index contributed by atoms with van der Waals surface area (Å²) in [6.07, 6.45) is 1.64. The molecule has 19 heavy (non-hydrogen) atoms. The normalized spacial score (nSPS) is 13.4. The van der Waals surface area contributed by atoms with Crippen LogP contribution in [0.15, 0.2) is 22.7 Å². The van der Waals surface area contributed by atoms with E-state index in [4.69, 9.17) is 15.2 Å². The largest absolute Gasteiger partial charge is 0.492 e. The molecular weight excluding hydrogens is 306 g/mol. The highest BCUT2D eigenvalue weighted by Crippen LogP contribution is 2.30. The van der Waals surface area contributed by atoms with Crippen molar-refractivity contribution in [2.24, 2.45) is 5.73 Å². The number of para-hydroxylation sites is 1. The van der Waals surface area contributed by atoms with Gasteiger partial charge in [-0.1, -0.05) is 12.1 Å². The molecule has 0 amide bonds. The molecule has 1 atom stereocenters. The van der Waals surface area contributed by atoms with E-state index in [0.29, 0.717) is 6.61 Å². The summed E-state index contributed by atoms with van der Waals surface area (Å²) in [7, 11) is 1.72. The van der Waals surface area contributed by atoms with E-state index in [1.165, 1.54) is 0 Å². The van der Waals surface area contributed by atoms with Crippen molar-refractivity contribution in [2.45, 2.75) is 45.3 Å². The zero-order valence-electron chi connectivity index (χ0n) is 12.2. The van der Waals surface area contributed by atoms with E-state index in [1.54, 1.807) is 7.11 Å². The Morgan fingerprint density at radius 2 is 2.05 bits per heavy atom. The van der Waals surface area contributed by atoms with Crippen LogP contribution in [0.5, 0.6) is 5.75 Å². The molecule has 0 spiro atoms. The van der Waals surface area contributed by atoms with Crippen molar-refractivity contribution in [2.75, 3.05) is 13.7 Å². The predicted molar refractivity (Wildman–Crippen MR) is 82.7 cm³/mol. The fraction of sp³-hybridized carbons (Fsp3) is 0.600. The van der Waals surface area contributed by atoms with E-state index < -0.39 is 0 Å². The first-order valence-corrected chi connectivity index (χ1v) is 7.36. The second kappa shape index (κ2) is 7.27. The maximum Gasteiger partial charge on any atom is 0.136 e. The summed E-state index contributed by atoms with van der Waals surface area (Å²) < 4.78 is 12.3. The van der Waals surface area contributed by atoms with Crippen molar-refractivity contribution in [3.63, 3.8) is 0 Å². The van der Waals surface area contributed by atoms with Crippen LogP contribution in [0.3, 0.4) is 0 Å². The lowest BCUT2D eigenvalue weighted by Gasteiger charge is -2.23. The lowest BCUT2D eigenvalue weighted by molar-refractivity contribution is 0.00531. The first kappa shape index (κ1) is 16.5. The standard InChI is InChI=1S/C15H24BrNO2/c1-11(17)10-12-6-5-7-13(16)14(12)19-9-8-15(2,3)18-4/h5-7,11H,8-10,17H2,1-4H3. The van der Waals surface area contributed by atoms with E-state index in [-0.39, 0.29) is 11.6 Å². The van der Waals surface area contributed by atoms with Crippen LogP contribution in [0.1, 0.15) is 32.8 Å². The van der Waals surface area contributed by atoms with Crippen LogP contribution in [0.2, 0.25) is 0 Å². The highest BCUT2D eigenvalue weighted by molar-refractivity contribution is 9.10. The summed E-state index contributed by atoms with van der Waals surface area (Å²) in [5.74, 6) is 0.895. The lowest BCUT2D eigenvalue weighted by Crippen LogP contribution is -2.25. The molecule has 4 heteroatoms. The van der Waals surface area contributed by atoms with Gasteiger partial charge in [0, 0.05) is 19.6 Å². The maximum atomic E-state index is 5.92. The molecule has 1 aromatic carbocycles. The minimum atomic E-state index is -0.164. The van der Waals surface area contributed by atoms with E-state index in [9.17, 15) is 0 Å². The predicted octanol–water partition coefficient (Wildman–Crippen LogP) is 3.53. The zero-order valence-corrected chi connectivity index (χ0v) is 13.8. The molecule has 0 radical (unpaired) electrons. The second-order valence-corrected chi connectivity index (χ2v) is 6.33. The van der Waals surface area contributed by atoms with Gasteiger partial charge in [-0.25, -0.2) is 0 Å². The number of hydrogen-bond donors (Lipinski definition) is 1. The van der Waals surface area contributed by atoms with Crippen LogP contribution in [-0.2, 0) is 11.2 Å². The summed E-state index contributed by atoms with van der Waals surface area (Å²) >= 11 is 3.54. The van der Waals surface area contributed by atoms with Gasteiger partial charge in [-0.3, -0.25) is 0 Å². The van der Waals surface area contributed by atoms with Gasteiger partial charge in [0.15, 0.2) is 0 Å². The number of ether oxygens (including phenoxy) is 2. The third kappa shape index (κ3) is 5.51. The highest BCUT2D eigenvalue weighted by atomic mass is 79.9. The molecule has 3 nitrogen and oxygen atoms in total. The van der Waals surface area contributed by atoms with E-state index in [1.807, 2.05) is 19.1 Å². The quantitative estimate of drug-likeness (QED) is 0.832. The Morgan fingerprint density at radius 3 is 2.63 bits per heavy atom. The van der Waals surface area contributed by atoms with Crippen molar-refractivity contribution < 1.29 is 9.47 Å². The van der Waals surface area contributed by atoms with Crippen molar-refractivity contribution >= 4 is 15.9 Å². The Bertz CT molecular complexity index is 405. The lowest BCUT2D eigenvalue weighted by atomic mass is 10.1. The van der Waals surface area contributed by atoms with Gasteiger partial charge in [0.25, 0.3) is 0 Å². The Labute approximate surface area is 124 Å². The molecule has 1 rings (SSSR count). The van der Waals surface area contributed by atoms with Crippen LogP contribution in [0.4, 0.5) is 0 Å². The molecule has 2 N–H and O–H groups in total. The minimum absolute atomic E-state index is 0.118. The van der Waals surface area contributed by atoms with Crippen molar-refractivity contribution in [3.8, 4) is 5.75 Å². The van der Waals surface area contributed by atoms with Gasteiger partial charge in [-0.2, -0.15) is 0 Å². The summed E-state index contributed by atoms with van der Waals surface area (Å²) in [6.45, 7) is 6.73. The van der Waals surface area contributed by atoms with Crippen LogP contribution >= 0.6 is 15.9 Å². The van der Waals surface area contributed by atoms with Gasteiger partial charge < -0.3 is 15.2 Å². The van der Waals surface area contributed by atoms with Crippen LogP contribution < -0.4 is 10.5 Å². The molecule has 0 aliphatic heterocycles. The Balaban J connectivity index is 2.71. The van der Waals surface area contributed by atoms with Gasteiger partial charge in [0.1, 0.15) is 5.75 Å². The fourth-order valence-electron chi connectivity index (χ4n) is 1.72. The molecule has 108 valence electrons. The molecule has 0 saturated carbocycles. The first-order chi connectivity index (χ1) is 8.85. The molecule has 1 unspecified atom stereocenters. The summed E-state index contributed by atoms with van der Waals surface area (Å²) in [6, 6.07) is 6.17. The van der Waals surface area contributed by atoms with E-state index >= 15 is 0 Å². The monoisotopic (exact) mass is 329 g/mol. The third-order valence-corrected chi connectivity index (χ3v) is 3.72. The Kier molecular flexibility index (Phi) is 6.30. The molecule has 0 aliphatic rings. The topological polar surface area (TPSA) is 44.5 Å². The molecule has 1 aromatic rings. The van der Waals surface area contributed by atoms with Gasteiger partial charge in [-0.05, 0) is 54.8 Å². The number of hydrogen-bond acceptors (Lipinski definition) is 3. The maximum absolute atomic E-state index is 5.92. The smallest absolute Gasteiger partial charge is 0.136 e. The van der Waals surface area contributed by atoms with Crippen molar-refractivity contribution in [1.82, 2.24) is 0 Å². The first-order valence-electron chi connectivity index (χ1n) is 6.56. The SMILES string of the molecule is COC(C)(C)CCOc1c(Br)cccc1CC(C)N. The molecular formula is C15H24BrNO2. The summed E-state index contributed by atoms with van der Waals surface area (Å²) in [5, 5.41) is 0.